The van der Waals surface area contributed by atoms with Crippen LogP contribution in [0.3, 0.4) is 0 Å². The molecule has 3 nitrogen and oxygen atoms in total. The van der Waals surface area contributed by atoms with E-state index in [1.807, 2.05) is 6.92 Å². The maximum atomic E-state index is 6.85. The molecule has 0 heterocycles. The number of hydrogen-bond donors (Lipinski definition) is 3. The maximum absolute atomic E-state index is 6.85. The van der Waals surface area contributed by atoms with Gasteiger partial charge in [-0.3, -0.25) is 5.41 Å². The molecule has 0 spiro atoms. The largest absolute Gasteiger partial charge is 0.370 e. The highest BCUT2D eigenvalue weighted by Crippen LogP contribution is 1.92. The van der Waals surface area contributed by atoms with Gasteiger partial charge in [0.2, 0.25) is 0 Å². The Morgan fingerprint density at radius 3 is 2.78 bits per heavy atom. The molecule has 53 valence electrons. The van der Waals surface area contributed by atoms with Gasteiger partial charge < -0.3 is 11.1 Å². The zero-order chi connectivity index (χ0) is 7.28. The molecule has 0 bridgehead atoms. The van der Waals surface area contributed by atoms with Crippen molar-refractivity contribution in [2.45, 2.75) is 25.8 Å². The highest BCUT2D eigenvalue weighted by molar-refractivity contribution is 5.74. The summed E-state index contributed by atoms with van der Waals surface area (Å²) in [5.41, 5.74) is 5.08. The smallest absolute Gasteiger partial charge is 0.185 e. The average molecular weight is 128 g/mol. The SMILES string of the molecule is [CH2]CC[C@H](C)NC(=N)N. The van der Waals surface area contributed by atoms with Gasteiger partial charge in [0.15, 0.2) is 5.96 Å². The predicted octanol–water partition coefficient (Wildman–Crippen LogP) is 0.472. The third-order valence-electron chi connectivity index (χ3n) is 1.04. The van der Waals surface area contributed by atoms with Gasteiger partial charge in [0.1, 0.15) is 0 Å². The molecule has 4 N–H and O–H groups in total. The lowest BCUT2D eigenvalue weighted by Crippen LogP contribution is -2.37. The molecule has 0 aromatic heterocycles. The van der Waals surface area contributed by atoms with Crippen molar-refractivity contribution < 1.29 is 0 Å². The van der Waals surface area contributed by atoms with Crippen LogP contribution >= 0.6 is 0 Å². The van der Waals surface area contributed by atoms with Crippen LogP contribution in [0.5, 0.6) is 0 Å². The molecule has 0 aliphatic carbocycles. The summed E-state index contributed by atoms with van der Waals surface area (Å²) in [6.07, 6.45) is 1.83. The Kier molecular flexibility index (Phi) is 3.84. The van der Waals surface area contributed by atoms with Crippen LogP contribution in [-0.2, 0) is 0 Å². The Hall–Kier alpha value is -0.730. The highest BCUT2D eigenvalue weighted by Gasteiger charge is 1.97. The van der Waals surface area contributed by atoms with Gasteiger partial charge in [-0.05, 0) is 13.3 Å². The van der Waals surface area contributed by atoms with E-state index in [0.717, 1.165) is 12.8 Å². The molecular weight excluding hydrogens is 114 g/mol. The Morgan fingerprint density at radius 1 is 1.89 bits per heavy atom. The summed E-state index contributed by atoms with van der Waals surface area (Å²) in [5, 5.41) is 9.61. The number of guanidine groups is 1. The van der Waals surface area contributed by atoms with Crippen LogP contribution in [0.2, 0.25) is 0 Å². The van der Waals surface area contributed by atoms with Crippen molar-refractivity contribution in [3.63, 3.8) is 0 Å². The van der Waals surface area contributed by atoms with E-state index >= 15 is 0 Å². The molecule has 9 heavy (non-hydrogen) atoms. The fourth-order valence-electron chi connectivity index (χ4n) is 0.644. The molecule has 0 aromatic carbocycles. The minimum absolute atomic E-state index is 0.0379. The second-order valence-corrected chi connectivity index (χ2v) is 2.10. The Balaban J connectivity index is 3.26. The van der Waals surface area contributed by atoms with E-state index in [0.29, 0.717) is 0 Å². The Morgan fingerprint density at radius 2 is 2.44 bits per heavy atom. The molecule has 0 aliphatic rings. The van der Waals surface area contributed by atoms with Crippen LogP contribution in [0.15, 0.2) is 0 Å². The first-order valence-electron chi connectivity index (χ1n) is 3.06. The van der Waals surface area contributed by atoms with E-state index in [4.69, 9.17) is 11.1 Å². The number of nitrogens with one attached hydrogen (secondary N) is 2. The summed E-state index contributed by atoms with van der Waals surface area (Å²) in [4.78, 5) is 0. The second-order valence-electron chi connectivity index (χ2n) is 2.10. The summed E-state index contributed by atoms with van der Waals surface area (Å²) in [7, 11) is 0. The zero-order valence-electron chi connectivity index (χ0n) is 5.78. The first-order chi connectivity index (χ1) is 4.16. The fraction of sp³-hybridized carbons (Fsp3) is 0.667. The summed E-state index contributed by atoms with van der Waals surface area (Å²) < 4.78 is 0. The lowest BCUT2D eigenvalue weighted by molar-refractivity contribution is 0.608. The highest BCUT2D eigenvalue weighted by atomic mass is 15.1. The van der Waals surface area contributed by atoms with Crippen LogP contribution in [0.25, 0.3) is 0 Å². The molecule has 0 fully saturated rings. The molecule has 3 heteroatoms. The standard InChI is InChI=1S/C6H14N3/c1-3-4-5(2)9-6(7)8/h5H,1,3-4H2,2H3,(H4,7,8,9)/t5-/m0/s1. The van der Waals surface area contributed by atoms with Gasteiger partial charge in [-0.25, -0.2) is 0 Å². The second kappa shape index (κ2) is 4.18. The lowest BCUT2D eigenvalue weighted by Gasteiger charge is -2.10. The molecule has 0 amide bonds. The van der Waals surface area contributed by atoms with Crippen LogP contribution in [0, 0.1) is 12.3 Å². The van der Waals surface area contributed by atoms with Crippen molar-refractivity contribution in [3.05, 3.63) is 6.92 Å². The lowest BCUT2D eigenvalue weighted by atomic mass is 10.2. The number of rotatable bonds is 3. The van der Waals surface area contributed by atoms with Crippen molar-refractivity contribution in [1.29, 1.82) is 5.41 Å². The van der Waals surface area contributed by atoms with Gasteiger partial charge in [0.05, 0.1) is 0 Å². The predicted molar refractivity (Wildman–Crippen MR) is 39.1 cm³/mol. The average Bonchev–Trinajstić information content (AvgIpc) is 1.63. The van der Waals surface area contributed by atoms with Crippen LogP contribution in [0.1, 0.15) is 19.8 Å². The fourth-order valence-corrected chi connectivity index (χ4v) is 0.644. The van der Waals surface area contributed by atoms with Gasteiger partial charge in [-0.1, -0.05) is 13.3 Å². The zero-order valence-corrected chi connectivity index (χ0v) is 5.78. The minimum Gasteiger partial charge on any atom is -0.370 e. The van der Waals surface area contributed by atoms with E-state index in [1.165, 1.54) is 0 Å². The number of hydrogen-bond acceptors (Lipinski definition) is 1. The van der Waals surface area contributed by atoms with Crippen LogP contribution in [0.4, 0.5) is 0 Å². The molecule has 0 rings (SSSR count). The van der Waals surface area contributed by atoms with E-state index < -0.39 is 0 Å². The molecule has 0 aromatic rings. The van der Waals surface area contributed by atoms with Crippen LogP contribution in [-0.4, -0.2) is 12.0 Å². The van der Waals surface area contributed by atoms with E-state index in [1.54, 1.807) is 0 Å². The van der Waals surface area contributed by atoms with Gasteiger partial charge in [-0.2, -0.15) is 0 Å². The number of nitrogens with two attached hydrogens (primary N) is 1. The molecule has 1 atom stereocenters. The van der Waals surface area contributed by atoms with E-state index in [9.17, 15) is 0 Å². The molecule has 0 aliphatic heterocycles. The van der Waals surface area contributed by atoms with Gasteiger partial charge in [0.25, 0.3) is 0 Å². The molecule has 0 unspecified atom stereocenters. The topological polar surface area (TPSA) is 61.9 Å². The Labute approximate surface area is 56.1 Å². The molecular formula is C6H14N3. The molecule has 0 saturated heterocycles. The summed E-state index contributed by atoms with van der Waals surface area (Å²) in [6, 6.07) is 0.278. The summed E-state index contributed by atoms with van der Waals surface area (Å²) >= 11 is 0. The van der Waals surface area contributed by atoms with Crippen molar-refractivity contribution in [2.75, 3.05) is 0 Å². The molecule has 0 saturated carbocycles. The van der Waals surface area contributed by atoms with Crippen molar-refractivity contribution >= 4 is 5.96 Å². The van der Waals surface area contributed by atoms with Crippen molar-refractivity contribution in [3.8, 4) is 0 Å². The maximum Gasteiger partial charge on any atom is 0.185 e. The first kappa shape index (κ1) is 8.27. The minimum atomic E-state index is 0.0379. The van der Waals surface area contributed by atoms with E-state index in [2.05, 4.69) is 12.2 Å². The van der Waals surface area contributed by atoms with Crippen molar-refractivity contribution in [1.82, 2.24) is 5.32 Å². The monoisotopic (exact) mass is 128 g/mol. The van der Waals surface area contributed by atoms with Gasteiger partial charge in [0, 0.05) is 6.04 Å². The van der Waals surface area contributed by atoms with Gasteiger partial charge in [-0.15, -0.1) is 0 Å². The first-order valence-corrected chi connectivity index (χ1v) is 3.06. The Bertz CT molecular complexity index is 90.3. The van der Waals surface area contributed by atoms with E-state index in [-0.39, 0.29) is 12.0 Å². The normalized spacial score (nSPS) is 12.7. The summed E-state index contributed by atoms with van der Waals surface area (Å²) in [6.45, 7) is 5.66. The summed E-state index contributed by atoms with van der Waals surface area (Å²) in [5.74, 6) is 0.0379. The van der Waals surface area contributed by atoms with Crippen LogP contribution < -0.4 is 11.1 Å². The molecule has 1 radical (unpaired) electrons. The van der Waals surface area contributed by atoms with Gasteiger partial charge >= 0.3 is 0 Å². The third-order valence-corrected chi connectivity index (χ3v) is 1.04. The quantitative estimate of drug-likeness (QED) is 0.382. The van der Waals surface area contributed by atoms with Crippen molar-refractivity contribution in [2.24, 2.45) is 5.73 Å². The third kappa shape index (κ3) is 5.14.